The Bertz CT molecular complexity index is 228. The Balaban J connectivity index is 2.07. The van der Waals surface area contributed by atoms with Crippen molar-refractivity contribution in [2.24, 2.45) is 0 Å². The minimum atomic E-state index is 0.323. The van der Waals surface area contributed by atoms with Gasteiger partial charge in [0.05, 0.1) is 6.61 Å². The summed E-state index contributed by atoms with van der Waals surface area (Å²) in [5.74, 6) is 0. The third-order valence-electron chi connectivity index (χ3n) is 4.48. The molecule has 0 bridgehead atoms. The standard InChI is InChI=1S/C13H26N2O/c1-4-11-8-15(12-6-7-16-9-12)13(3,5-2)10-14-11/h11-12,14H,4-10H2,1-3H3. The van der Waals surface area contributed by atoms with E-state index in [0.717, 1.165) is 19.8 Å². The molecule has 0 amide bonds. The quantitative estimate of drug-likeness (QED) is 0.791. The van der Waals surface area contributed by atoms with Gasteiger partial charge in [0, 0.05) is 37.3 Å². The van der Waals surface area contributed by atoms with Gasteiger partial charge in [0.15, 0.2) is 0 Å². The van der Waals surface area contributed by atoms with Crippen molar-refractivity contribution < 1.29 is 4.74 Å². The first-order valence-corrected chi connectivity index (χ1v) is 6.77. The van der Waals surface area contributed by atoms with Crippen LogP contribution in [0.4, 0.5) is 0 Å². The fourth-order valence-corrected chi connectivity index (χ4v) is 2.95. The molecule has 0 aromatic carbocycles. The molecule has 16 heavy (non-hydrogen) atoms. The van der Waals surface area contributed by atoms with Crippen molar-refractivity contribution in [3.05, 3.63) is 0 Å². The van der Waals surface area contributed by atoms with Crippen molar-refractivity contribution in [1.82, 2.24) is 10.2 Å². The summed E-state index contributed by atoms with van der Waals surface area (Å²) in [7, 11) is 0. The molecule has 2 heterocycles. The molecule has 1 N–H and O–H groups in total. The number of nitrogens with zero attached hydrogens (tertiary/aromatic N) is 1. The van der Waals surface area contributed by atoms with Crippen LogP contribution in [-0.4, -0.2) is 48.8 Å². The Hall–Kier alpha value is -0.120. The summed E-state index contributed by atoms with van der Waals surface area (Å²) in [6, 6.07) is 1.32. The predicted octanol–water partition coefficient (Wildman–Crippen LogP) is 1.63. The predicted molar refractivity (Wildman–Crippen MR) is 66.7 cm³/mol. The van der Waals surface area contributed by atoms with E-state index in [1.807, 2.05) is 0 Å². The molecule has 2 fully saturated rings. The third-order valence-corrected chi connectivity index (χ3v) is 4.48. The zero-order chi connectivity index (χ0) is 11.6. The maximum atomic E-state index is 5.55. The van der Waals surface area contributed by atoms with Gasteiger partial charge < -0.3 is 10.1 Å². The lowest BCUT2D eigenvalue weighted by Gasteiger charge is -2.50. The summed E-state index contributed by atoms with van der Waals surface area (Å²) in [6.07, 6.45) is 3.66. The molecule has 0 spiro atoms. The van der Waals surface area contributed by atoms with Crippen molar-refractivity contribution >= 4 is 0 Å². The Morgan fingerprint density at radius 1 is 1.44 bits per heavy atom. The minimum Gasteiger partial charge on any atom is -0.380 e. The number of hydrogen-bond acceptors (Lipinski definition) is 3. The minimum absolute atomic E-state index is 0.323. The second kappa shape index (κ2) is 5.03. The molecule has 2 aliphatic rings. The van der Waals surface area contributed by atoms with Crippen LogP contribution in [0.15, 0.2) is 0 Å². The topological polar surface area (TPSA) is 24.5 Å². The van der Waals surface area contributed by atoms with Crippen LogP contribution >= 0.6 is 0 Å². The summed E-state index contributed by atoms with van der Waals surface area (Å²) < 4.78 is 5.55. The Morgan fingerprint density at radius 3 is 2.81 bits per heavy atom. The van der Waals surface area contributed by atoms with Crippen molar-refractivity contribution in [3.63, 3.8) is 0 Å². The molecular weight excluding hydrogens is 200 g/mol. The molecule has 3 unspecified atom stereocenters. The van der Waals surface area contributed by atoms with Gasteiger partial charge in [-0.05, 0) is 26.2 Å². The van der Waals surface area contributed by atoms with Crippen LogP contribution in [0.2, 0.25) is 0 Å². The maximum absolute atomic E-state index is 5.55. The second-order valence-corrected chi connectivity index (χ2v) is 5.51. The lowest BCUT2D eigenvalue weighted by atomic mass is 9.89. The van der Waals surface area contributed by atoms with Gasteiger partial charge in [-0.1, -0.05) is 13.8 Å². The van der Waals surface area contributed by atoms with Gasteiger partial charge in [0.1, 0.15) is 0 Å². The molecule has 2 rings (SSSR count). The average molecular weight is 226 g/mol. The Morgan fingerprint density at radius 2 is 2.25 bits per heavy atom. The first kappa shape index (κ1) is 12.3. The number of rotatable bonds is 3. The van der Waals surface area contributed by atoms with Crippen LogP contribution in [0.3, 0.4) is 0 Å². The largest absolute Gasteiger partial charge is 0.380 e. The second-order valence-electron chi connectivity index (χ2n) is 5.51. The van der Waals surface area contributed by atoms with Crippen LogP contribution in [0.25, 0.3) is 0 Å². The SMILES string of the molecule is CCC1CN(C2CCOC2)C(C)(CC)CN1. The molecule has 3 nitrogen and oxygen atoms in total. The average Bonchev–Trinajstić information content (AvgIpc) is 2.83. The normalized spacial score (nSPS) is 41.4. The van der Waals surface area contributed by atoms with E-state index >= 15 is 0 Å². The lowest BCUT2D eigenvalue weighted by Crippen LogP contribution is -2.65. The fraction of sp³-hybridized carbons (Fsp3) is 1.00. The molecule has 0 aromatic rings. The summed E-state index contributed by atoms with van der Waals surface area (Å²) in [5, 5.41) is 3.68. The molecule has 2 saturated heterocycles. The summed E-state index contributed by atoms with van der Waals surface area (Å²) in [4.78, 5) is 2.71. The van der Waals surface area contributed by atoms with Crippen molar-refractivity contribution in [2.45, 2.75) is 57.7 Å². The van der Waals surface area contributed by atoms with E-state index in [1.54, 1.807) is 0 Å². The molecule has 0 radical (unpaired) electrons. The van der Waals surface area contributed by atoms with Crippen LogP contribution in [0, 0.1) is 0 Å². The molecule has 0 aliphatic carbocycles. The van der Waals surface area contributed by atoms with Crippen molar-refractivity contribution in [1.29, 1.82) is 0 Å². The molecule has 2 aliphatic heterocycles. The molecular formula is C13H26N2O. The number of piperazine rings is 1. The Kier molecular flexibility index (Phi) is 3.88. The van der Waals surface area contributed by atoms with E-state index in [2.05, 4.69) is 31.0 Å². The number of ether oxygens (including phenoxy) is 1. The molecule has 94 valence electrons. The highest BCUT2D eigenvalue weighted by atomic mass is 16.5. The zero-order valence-corrected chi connectivity index (χ0v) is 11.0. The smallest absolute Gasteiger partial charge is 0.0622 e. The van der Waals surface area contributed by atoms with Gasteiger partial charge in [-0.2, -0.15) is 0 Å². The first-order chi connectivity index (χ1) is 7.69. The van der Waals surface area contributed by atoms with E-state index in [4.69, 9.17) is 4.74 Å². The van der Waals surface area contributed by atoms with Crippen LogP contribution in [0.1, 0.15) is 40.0 Å². The van der Waals surface area contributed by atoms with E-state index in [0.29, 0.717) is 17.6 Å². The maximum Gasteiger partial charge on any atom is 0.0622 e. The van der Waals surface area contributed by atoms with Gasteiger partial charge in [-0.25, -0.2) is 0 Å². The van der Waals surface area contributed by atoms with Gasteiger partial charge >= 0.3 is 0 Å². The third kappa shape index (κ3) is 2.27. The molecule has 0 aromatic heterocycles. The van der Waals surface area contributed by atoms with Gasteiger partial charge in [0.2, 0.25) is 0 Å². The van der Waals surface area contributed by atoms with Gasteiger partial charge in [-0.15, -0.1) is 0 Å². The monoisotopic (exact) mass is 226 g/mol. The van der Waals surface area contributed by atoms with E-state index < -0.39 is 0 Å². The van der Waals surface area contributed by atoms with Crippen LogP contribution < -0.4 is 5.32 Å². The number of hydrogen-bond donors (Lipinski definition) is 1. The van der Waals surface area contributed by atoms with Crippen molar-refractivity contribution in [3.8, 4) is 0 Å². The van der Waals surface area contributed by atoms with E-state index in [9.17, 15) is 0 Å². The van der Waals surface area contributed by atoms with E-state index in [1.165, 1.54) is 25.8 Å². The molecule has 3 heteroatoms. The fourth-order valence-electron chi connectivity index (χ4n) is 2.95. The molecule has 3 atom stereocenters. The highest BCUT2D eigenvalue weighted by Crippen LogP contribution is 2.28. The van der Waals surface area contributed by atoms with Crippen LogP contribution in [0.5, 0.6) is 0 Å². The Labute approximate surface area is 99.5 Å². The van der Waals surface area contributed by atoms with Gasteiger partial charge in [-0.3, -0.25) is 4.90 Å². The summed E-state index contributed by atoms with van der Waals surface area (Å²) in [6.45, 7) is 11.2. The molecule has 0 saturated carbocycles. The number of nitrogens with one attached hydrogen (secondary N) is 1. The lowest BCUT2D eigenvalue weighted by molar-refractivity contribution is 0.00566. The van der Waals surface area contributed by atoms with Crippen molar-refractivity contribution in [2.75, 3.05) is 26.3 Å². The summed E-state index contributed by atoms with van der Waals surface area (Å²) in [5.41, 5.74) is 0.323. The zero-order valence-electron chi connectivity index (χ0n) is 11.0. The summed E-state index contributed by atoms with van der Waals surface area (Å²) >= 11 is 0. The highest BCUT2D eigenvalue weighted by Gasteiger charge is 2.40. The van der Waals surface area contributed by atoms with E-state index in [-0.39, 0.29) is 0 Å². The van der Waals surface area contributed by atoms with Crippen LogP contribution in [-0.2, 0) is 4.74 Å². The highest BCUT2D eigenvalue weighted by molar-refractivity contribution is 4.98. The first-order valence-electron chi connectivity index (χ1n) is 6.77. The van der Waals surface area contributed by atoms with Gasteiger partial charge in [0.25, 0.3) is 0 Å².